The second kappa shape index (κ2) is 7.19. The van der Waals surface area contributed by atoms with E-state index in [2.05, 4.69) is 26.0 Å². The highest BCUT2D eigenvalue weighted by molar-refractivity contribution is 9.10. The quantitative estimate of drug-likeness (QED) is 0.723. The molecule has 0 aliphatic heterocycles. The molecule has 0 aromatic heterocycles. The summed E-state index contributed by atoms with van der Waals surface area (Å²) in [6.07, 6.45) is 2.48. The molecule has 0 unspecified atom stereocenters. The Morgan fingerprint density at radius 3 is 2.62 bits per heavy atom. The van der Waals surface area contributed by atoms with Crippen molar-refractivity contribution in [1.29, 1.82) is 0 Å². The van der Waals surface area contributed by atoms with Gasteiger partial charge in [-0.05, 0) is 60.6 Å². The van der Waals surface area contributed by atoms with E-state index in [4.69, 9.17) is 0 Å². The molecule has 0 radical (unpaired) electrons. The monoisotopic (exact) mass is 375 g/mol. The number of halogens is 1. The summed E-state index contributed by atoms with van der Waals surface area (Å²) in [5.74, 6) is 0. The molecular formula is C14H22BrN3O2S. The molecule has 5 nitrogen and oxygen atoms in total. The predicted octanol–water partition coefficient (Wildman–Crippen LogP) is 1.54. The molecular weight excluding hydrogens is 354 g/mol. The Labute approximate surface area is 135 Å². The SMILES string of the molecule is CN(C)CCNS(=O)(=O)c1ccc(CNC2CC2)cc1Br. The van der Waals surface area contributed by atoms with Crippen LogP contribution in [0.15, 0.2) is 27.6 Å². The van der Waals surface area contributed by atoms with Crippen molar-refractivity contribution >= 4 is 26.0 Å². The smallest absolute Gasteiger partial charge is 0.241 e. The minimum atomic E-state index is -3.47. The largest absolute Gasteiger partial charge is 0.310 e. The fourth-order valence-electron chi connectivity index (χ4n) is 1.90. The number of hydrogen-bond acceptors (Lipinski definition) is 4. The number of hydrogen-bond donors (Lipinski definition) is 2. The van der Waals surface area contributed by atoms with Gasteiger partial charge in [-0.2, -0.15) is 0 Å². The van der Waals surface area contributed by atoms with Gasteiger partial charge in [0.15, 0.2) is 0 Å². The third kappa shape index (κ3) is 5.34. The molecule has 1 aromatic carbocycles. The van der Waals surface area contributed by atoms with Crippen LogP contribution in [0.2, 0.25) is 0 Å². The van der Waals surface area contributed by atoms with Gasteiger partial charge >= 0.3 is 0 Å². The van der Waals surface area contributed by atoms with E-state index in [1.54, 1.807) is 6.07 Å². The van der Waals surface area contributed by atoms with E-state index >= 15 is 0 Å². The number of sulfonamides is 1. The third-order valence-electron chi connectivity index (χ3n) is 3.31. The summed E-state index contributed by atoms with van der Waals surface area (Å²) in [4.78, 5) is 2.22. The fraction of sp³-hybridized carbons (Fsp3) is 0.571. The maximum absolute atomic E-state index is 12.2. The molecule has 2 N–H and O–H groups in total. The highest BCUT2D eigenvalue weighted by Gasteiger charge is 2.21. The topological polar surface area (TPSA) is 61.4 Å². The lowest BCUT2D eigenvalue weighted by molar-refractivity contribution is 0.412. The van der Waals surface area contributed by atoms with E-state index in [0.717, 1.165) is 12.1 Å². The predicted molar refractivity (Wildman–Crippen MR) is 87.7 cm³/mol. The van der Waals surface area contributed by atoms with Crippen LogP contribution in [-0.4, -0.2) is 46.5 Å². The lowest BCUT2D eigenvalue weighted by Crippen LogP contribution is -2.31. The zero-order chi connectivity index (χ0) is 15.5. The van der Waals surface area contributed by atoms with Crippen molar-refractivity contribution in [3.8, 4) is 0 Å². The summed E-state index contributed by atoms with van der Waals surface area (Å²) >= 11 is 3.37. The Bertz CT molecular complexity index is 586. The van der Waals surface area contributed by atoms with Gasteiger partial charge in [-0.25, -0.2) is 13.1 Å². The molecule has 0 saturated heterocycles. The Morgan fingerprint density at radius 1 is 1.33 bits per heavy atom. The lowest BCUT2D eigenvalue weighted by Gasteiger charge is -2.12. The minimum absolute atomic E-state index is 0.288. The highest BCUT2D eigenvalue weighted by Crippen LogP contribution is 2.24. The van der Waals surface area contributed by atoms with Crippen molar-refractivity contribution < 1.29 is 8.42 Å². The fourth-order valence-corrected chi connectivity index (χ4v) is 4.05. The maximum Gasteiger partial charge on any atom is 0.241 e. The van der Waals surface area contributed by atoms with Gasteiger partial charge in [0.05, 0.1) is 4.90 Å². The summed E-state index contributed by atoms with van der Waals surface area (Å²) in [7, 11) is 0.351. The lowest BCUT2D eigenvalue weighted by atomic mass is 10.2. The van der Waals surface area contributed by atoms with Crippen LogP contribution in [-0.2, 0) is 16.6 Å². The molecule has 0 bridgehead atoms. The Hall–Kier alpha value is -0.470. The van der Waals surface area contributed by atoms with Crippen molar-refractivity contribution in [1.82, 2.24) is 14.9 Å². The first-order valence-electron chi connectivity index (χ1n) is 7.05. The minimum Gasteiger partial charge on any atom is -0.310 e. The first kappa shape index (κ1) is 16.9. The summed E-state index contributed by atoms with van der Waals surface area (Å²) < 4.78 is 27.7. The van der Waals surface area contributed by atoms with Crippen LogP contribution in [0.5, 0.6) is 0 Å². The van der Waals surface area contributed by atoms with Crippen molar-refractivity contribution in [3.05, 3.63) is 28.2 Å². The molecule has 0 spiro atoms. The van der Waals surface area contributed by atoms with Crippen LogP contribution in [0, 0.1) is 0 Å². The molecule has 1 aliphatic rings. The molecule has 1 fully saturated rings. The van der Waals surface area contributed by atoms with Gasteiger partial charge in [-0.15, -0.1) is 0 Å². The van der Waals surface area contributed by atoms with Crippen LogP contribution in [0.3, 0.4) is 0 Å². The molecule has 118 valence electrons. The zero-order valence-electron chi connectivity index (χ0n) is 12.4. The van der Waals surface area contributed by atoms with Crippen molar-refractivity contribution in [3.63, 3.8) is 0 Å². The van der Waals surface area contributed by atoms with E-state index in [1.807, 2.05) is 31.1 Å². The second-order valence-electron chi connectivity index (χ2n) is 5.62. The van der Waals surface area contributed by atoms with E-state index < -0.39 is 10.0 Å². The Morgan fingerprint density at radius 2 is 2.05 bits per heavy atom. The van der Waals surface area contributed by atoms with Crippen molar-refractivity contribution in [2.75, 3.05) is 27.2 Å². The molecule has 2 rings (SSSR count). The summed E-state index contributed by atoms with van der Waals surface area (Å²) in [6.45, 7) is 1.84. The summed E-state index contributed by atoms with van der Waals surface area (Å²) in [6, 6.07) is 6.03. The molecule has 21 heavy (non-hydrogen) atoms. The number of rotatable bonds is 8. The van der Waals surface area contributed by atoms with E-state index in [0.29, 0.717) is 23.6 Å². The molecule has 1 aliphatic carbocycles. The molecule has 7 heteroatoms. The average Bonchev–Trinajstić information content (AvgIpc) is 3.19. The van der Waals surface area contributed by atoms with Gasteiger partial charge in [0, 0.05) is 30.1 Å². The molecule has 1 aromatic rings. The zero-order valence-corrected chi connectivity index (χ0v) is 14.8. The Balaban J connectivity index is 2.00. The van der Waals surface area contributed by atoms with Gasteiger partial charge < -0.3 is 10.2 Å². The second-order valence-corrected chi connectivity index (χ2v) is 8.21. The van der Waals surface area contributed by atoms with Crippen molar-refractivity contribution in [2.45, 2.75) is 30.3 Å². The highest BCUT2D eigenvalue weighted by atomic mass is 79.9. The standard InChI is InChI=1S/C14H22BrN3O2S/c1-18(2)8-7-17-21(19,20)14-6-3-11(9-13(14)15)10-16-12-4-5-12/h3,6,9,12,16-17H,4-5,7-8,10H2,1-2H3. The first-order valence-corrected chi connectivity index (χ1v) is 9.32. The molecule has 0 heterocycles. The van der Waals surface area contributed by atoms with Gasteiger partial charge in [0.2, 0.25) is 10.0 Å². The van der Waals surface area contributed by atoms with Crippen LogP contribution >= 0.6 is 15.9 Å². The number of nitrogens with one attached hydrogen (secondary N) is 2. The number of nitrogens with zero attached hydrogens (tertiary/aromatic N) is 1. The molecule has 0 amide bonds. The average molecular weight is 376 g/mol. The van der Waals surface area contributed by atoms with Gasteiger partial charge in [0.25, 0.3) is 0 Å². The van der Waals surface area contributed by atoms with Crippen LogP contribution in [0.1, 0.15) is 18.4 Å². The summed E-state index contributed by atoms with van der Waals surface area (Å²) in [5, 5.41) is 3.41. The van der Waals surface area contributed by atoms with Gasteiger partial charge in [0.1, 0.15) is 0 Å². The first-order chi connectivity index (χ1) is 9.88. The van der Waals surface area contributed by atoms with Crippen LogP contribution in [0.4, 0.5) is 0 Å². The number of benzene rings is 1. The number of likely N-dealkylation sites (N-methyl/N-ethyl adjacent to an activating group) is 1. The van der Waals surface area contributed by atoms with E-state index in [9.17, 15) is 8.42 Å². The van der Waals surface area contributed by atoms with E-state index in [1.165, 1.54) is 12.8 Å². The van der Waals surface area contributed by atoms with Crippen LogP contribution in [0.25, 0.3) is 0 Å². The van der Waals surface area contributed by atoms with E-state index in [-0.39, 0.29) is 4.90 Å². The van der Waals surface area contributed by atoms with Gasteiger partial charge in [-0.3, -0.25) is 0 Å². The Kier molecular flexibility index (Phi) is 5.79. The third-order valence-corrected chi connectivity index (χ3v) is 5.75. The van der Waals surface area contributed by atoms with Crippen LogP contribution < -0.4 is 10.0 Å². The normalized spacial score (nSPS) is 15.6. The molecule has 0 atom stereocenters. The maximum atomic E-state index is 12.2. The molecule has 1 saturated carbocycles. The van der Waals surface area contributed by atoms with Crippen molar-refractivity contribution in [2.24, 2.45) is 0 Å². The van der Waals surface area contributed by atoms with Gasteiger partial charge in [-0.1, -0.05) is 6.07 Å². The summed E-state index contributed by atoms with van der Waals surface area (Å²) in [5.41, 5.74) is 1.08.